The Morgan fingerprint density at radius 2 is 2.06 bits per heavy atom. The molecule has 0 aliphatic heterocycles. The van der Waals surface area contributed by atoms with Gasteiger partial charge in [0.25, 0.3) is 5.91 Å². The van der Waals surface area contributed by atoms with Crippen molar-refractivity contribution in [1.29, 1.82) is 0 Å². The van der Waals surface area contributed by atoms with Gasteiger partial charge in [-0.3, -0.25) is 4.79 Å². The zero-order valence-electron chi connectivity index (χ0n) is 10.1. The Labute approximate surface area is 110 Å². The first-order valence-electron chi connectivity index (χ1n) is 5.57. The van der Waals surface area contributed by atoms with E-state index in [0.717, 1.165) is 5.56 Å². The third-order valence-electron chi connectivity index (χ3n) is 2.64. The number of rotatable bonds is 3. The topological polar surface area (TPSA) is 55.1 Å². The molecule has 0 saturated heterocycles. The van der Waals surface area contributed by atoms with Gasteiger partial charge in [-0.2, -0.15) is 0 Å². The maximum atomic E-state index is 11.9. The molecule has 94 valence electrons. The standard InChI is InChI=1S/C13H13ClN2O2/c1-8(10-6-4-3-5-7-10)15-13(17)12-11(14)9(2)16-18-12/h3-8H,1-2H3,(H,15,17)/t8-/m1/s1. The fourth-order valence-electron chi connectivity index (χ4n) is 1.59. The van der Waals surface area contributed by atoms with E-state index in [4.69, 9.17) is 16.1 Å². The summed E-state index contributed by atoms with van der Waals surface area (Å²) in [6.07, 6.45) is 0. The molecule has 0 bridgehead atoms. The highest BCUT2D eigenvalue weighted by Gasteiger charge is 2.20. The molecule has 0 aliphatic carbocycles. The molecule has 1 heterocycles. The summed E-state index contributed by atoms with van der Waals surface area (Å²) in [6.45, 7) is 3.58. The van der Waals surface area contributed by atoms with Gasteiger partial charge in [0.15, 0.2) is 0 Å². The number of aryl methyl sites for hydroxylation is 1. The van der Waals surface area contributed by atoms with E-state index >= 15 is 0 Å². The van der Waals surface area contributed by atoms with Gasteiger partial charge in [0, 0.05) is 0 Å². The first-order chi connectivity index (χ1) is 8.59. The van der Waals surface area contributed by atoms with Crippen LogP contribution >= 0.6 is 11.6 Å². The third-order valence-corrected chi connectivity index (χ3v) is 3.09. The first-order valence-corrected chi connectivity index (χ1v) is 5.95. The number of hydrogen-bond donors (Lipinski definition) is 1. The van der Waals surface area contributed by atoms with E-state index in [0.29, 0.717) is 5.69 Å². The van der Waals surface area contributed by atoms with Gasteiger partial charge in [0.05, 0.1) is 11.7 Å². The molecule has 1 N–H and O–H groups in total. The molecule has 1 amide bonds. The van der Waals surface area contributed by atoms with Crippen LogP contribution in [0.2, 0.25) is 5.02 Å². The Hall–Kier alpha value is -1.81. The number of nitrogens with one attached hydrogen (secondary N) is 1. The minimum atomic E-state index is -0.364. The van der Waals surface area contributed by atoms with Crippen molar-refractivity contribution in [1.82, 2.24) is 10.5 Å². The second-order valence-electron chi connectivity index (χ2n) is 4.02. The summed E-state index contributed by atoms with van der Waals surface area (Å²) in [5.74, 6) is -0.311. The van der Waals surface area contributed by atoms with E-state index in [-0.39, 0.29) is 22.7 Å². The van der Waals surface area contributed by atoms with Gasteiger partial charge in [-0.1, -0.05) is 47.1 Å². The molecule has 0 radical (unpaired) electrons. The monoisotopic (exact) mass is 264 g/mol. The van der Waals surface area contributed by atoms with Crippen molar-refractivity contribution >= 4 is 17.5 Å². The van der Waals surface area contributed by atoms with E-state index < -0.39 is 0 Å². The average molecular weight is 265 g/mol. The number of hydrogen-bond acceptors (Lipinski definition) is 3. The molecule has 1 aromatic carbocycles. The van der Waals surface area contributed by atoms with Crippen LogP contribution in [-0.4, -0.2) is 11.1 Å². The van der Waals surface area contributed by atoms with E-state index in [1.54, 1.807) is 6.92 Å². The molecule has 1 aromatic heterocycles. The molecule has 2 rings (SSSR count). The van der Waals surface area contributed by atoms with Gasteiger partial charge in [0.1, 0.15) is 5.02 Å². The maximum Gasteiger partial charge on any atom is 0.291 e. The fourth-order valence-corrected chi connectivity index (χ4v) is 1.74. The van der Waals surface area contributed by atoms with Crippen LogP contribution in [0.1, 0.15) is 34.8 Å². The quantitative estimate of drug-likeness (QED) is 0.927. The van der Waals surface area contributed by atoms with Gasteiger partial charge in [-0.15, -0.1) is 0 Å². The van der Waals surface area contributed by atoms with Gasteiger partial charge < -0.3 is 9.84 Å². The van der Waals surface area contributed by atoms with Crippen molar-refractivity contribution in [2.75, 3.05) is 0 Å². The van der Waals surface area contributed by atoms with Crippen LogP contribution in [0.3, 0.4) is 0 Å². The molecule has 18 heavy (non-hydrogen) atoms. The van der Waals surface area contributed by atoms with Gasteiger partial charge in [-0.25, -0.2) is 0 Å². The highest BCUT2D eigenvalue weighted by atomic mass is 35.5. The van der Waals surface area contributed by atoms with Crippen molar-refractivity contribution in [3.05, 3.63) is 52.4 Å². The lowest BCUT2D eigenvalue weighted by molar-refractivity contribution is 0.0903. The Bertz CT molecular complexity index is 551. The van der Waals surface area contributed by atoms with Gasteiger partial charge in [-0.05, 0) is 19.4 Å². The Morgan fingerprint density at radius 3 is 2.61 bits per heavy atom. The Morgan fingerprint density at radius 1 is 1.39 bits per heavy atom. The molecule has 4 nitrogen and oxygen atoms in total. The van der Waals surface area contributed by atoms with Crippen LogP contribution in [0, 0.1) is 6.92 Å². The molecule has 0 saturated carbocycles. The highest BCUT2D eigenvalue weighted by Crippen LogP contribution is 2.20. The number of carbonyl (C=O) groups excluding carboxylic acids is 1. The third kappa shape index (κ3) is 2.54. The van der Waals surface area contributed by atoms with Crippen LogP contribution in [0.4, 0.5) is 0 Å². The smallest absolute Gasteiger partial charge is 0.291 e. The zero-order valence-corrected chi connectivity index (χ0v) is 10.9. The predicted molar refractivity (Wildman–Crippen MR) is 68.6 cm³/mol. The lowest BCUT2D eigenvalue weighted by atomic mass is 10.1. The van der Waals surface area contributed by atoms with Crippen LogP contribution in [0.15, 0.2) is 34.9 Å². The number of amides is 1. The summed E-state index contributed by atoms with van der Waals surface area (Å²) >= 11 is 5.92. The second kappa shape index (κ2) is 5.23. The molecule has 0 aliphatic rings. The minimum Gasteiger partial charge on any atom is -0.349 e. The Kier molecular flexibility index (Phi) is 3.67. The van der Waals surface area contributed by atoms with Crippen molar-refractivity contribution in [3.63, 3.8) is 0 Å². The number of halogens is 1. The molecular formula is C13H13ClN2O2. The number of aromatic nitrogens is 1. The molecule has 0 fully saturated rings. The average Bonchev–Trinajstić information content (AvgIpc) is 2.71. The summed E-state index contributed by atoms with van der Waals surface area (Å²) in [7, 11) is 0. The molecular weight excluding hydrogens is 252 g/mol. The SMILES string of the molecule is Cc1noc(C(=O)N[C@H](C)c2ccccc2)c1Cl. The van der Waals surface area contributed by atoms with Crippen LogP contribution < -0.4 is 5.32 Å². The normalized spacial score (nSPS) is 12.2. The molecule has 2 aromatic rings. The van der Waals surface area contributed by atoms with Crippen molar-refractivity contribution < 1.29 is 9.32 Å². The number of carbonyl (C=O) groups is 1. The van der Waals surface area contributed by atoms with Crippen LogP contribution in [-0.2, 0) is 0 Å². The van der Waals surface area contributed by atoms with Crippen LogP contribution in [0.25, 0.3) is 0 Å². The van der Waals surface area contributed by atoms with E-state index in [2.05, 4.69) is 10.5 Å². The lowest BCUT2D eigenvalue weighted by Gasteiger charge is -2.12. The summed E-state index contributed by atoms with van der Waals surface area (Å²) in [5, 5.41) is 6.72. The lowest BCUT2D eigenvalue weighted by Crippen LogP contribution is -2.26. The van der Waals surface area contributed by atoms with E-state index in [1.165, 1.54) is 0 Å². The molecule has 0 spiro atoms. The number of benzene rings is 1. The Balaban J connectivity index is 2.11. The minimum absolute atomic E-state index is 0.0527. The van der Waals surface area contributed by atoms with Crippen molar-refractivity contribution in [2.24, 2.45) is 0 Å². The summed E-state index contributed by atoms with van der Waals surface area (Å²) in [5.41, 5.74) is 1.52. The number of nitrogens with zero attached hydrogens (tertiary/aromatic N) is 1. The van der Waals surface area contributed by atoms with E-state index in [9.17, 15) is 4.79 Å². The van der Waals surface area contributed by atoms with Crippen molar-refractivity contribution in [3.8, 4) is 0 Å². The second-order valence-corrected chi connectivity index (χ2v) is 4.39. The van der Waals surface area contributed by atoms with Crippen molar-refractivity contribution in [2.45, 2.75) is 19.9 Å². The summed E-state index contributed by atoms with van der Waals surface area (Å²) in [4.78, 5) is 11.9. The van der Waals surface area contributed by atoms with Gasteiger partial charge >= 0.3 is 0 Å². The summed E-state index contributed by atoms with van der Waals surface area (Å²) in [6, 6.07) is 9.53. The summed E-state index contributed by atoms with van der Waals surface area (Å²) < 4.78 is 4.90. The van der Waals surface area contributed by atoms with Gasteiger partial charge in [0.2, 0.25) is 5.76 Å². The maximum absolute atomic E-state index is 11.9. The fraction of sp³-hybridized carbons (Fsp3) is 0.231. The largest absolute Gasteiger partial charge is 0.349 e. The predicted octanol–water partition coefficient (Wildman–Crippen LogP) is 3.13. The molecule has 1 atom stereocenters. The van der Waals surface area contributed by atoms with Crippen LogP contribution in [0.5, 0.6) is 0 Å². The highest BCUT2D eigenvalue weighted by molar-refractivity contribution is 6.33. The first kappa shape index (κ1) is 12.6. The zero-order chi connectivity index (χ0) is 13.1. The molecule has 5 heteroatoms. The van der Waals surface area contributed by atoms with E-state index in [1.807, 2.05) is 37.3 Å². The molecule has 0 unspecified atom stereocenters.